The van der Waals surface area contributed by atoms with Crippen LogP contribution in [0.3, 0.4) is 0 Å². The molecule has 0 saturated carbocycles. The van der Waals surface area contributed by atoms with Crippen molar-refractivity contribution in [1.29, 1.82) is 0 Å². The number of thiophene rings is 1. The number of esters is 1. The van der Waals surface area contributed by atoms with Gasteiger partial charge in [0.25, 0.3) is 0 Å². The van der Waals surface area contributed by atoms with Crippen LogP contribution in [-0.2, 0) is 26.1 Å². The molecule has 4 rings (SSSR count). The summed E-state index contributed by atoms with van der Waals surface area (Å²) in [4.78, 5) is 38.3. The predicted molar refractivity (Wildman–Crippen MR) is 128 cm³/mol. The van der Waals surface area contributed by atoms with Crippen LogP contribution in [0.4, 0.5) is 10.9 Å². The molecule has 0 bridgehead atoms. The van der Waals surface area contributed by atoms with E-state index in [4.69, 9.17) is 4.74 Å². The normalized spacial score (nSPS) is 11.4. The van der Waals surface area contributed by atoms with E-state index in [9.17, 15) is 18.0 Å². The smallest absolute Gasteiger partial charge is 0.341 e. The Morgan fingerprint density at radius 2 is 1.94 bits per heavy atom. The van der Waals surface area contributed by atoms with Crippen LogP contribution in [0.2, 0.25) is 0 Å². The van der Waals surface area contributed by atoms with Gasteiger partial charge in [-0.1, -0.05) is 30.3 Å². The van der Waals surface area contributed by atoms with Gasteiger partial charge in [-0.25, -0.2) is 23.2 Å². The first-order valence-corrected chi connectivity index (χ1v) is 12.8. The van der Waals surface area contributed by atoms with Crippen LogP contribution in [0.5, 0.6) is 0 Å². The average Bonchev–Trinajstić information content (AvgIpc) is 3.38. The van der Waals surface area contributed by atoms with Gasteiger partial charge in [0, 0.05) is 4.88 Å². The highest BCUT2D eigenvalue weighted by Crippen LogP contribution is 2.36. The lowest BCUT2D eigenvalue weighted by Crippen LogP contribution is -2.20. The van der Waals surface area contributed by atoms with Crippen molar-refractivity contribution >= 4 is 55.3 Å². The van der Waals surface area contributed by atoms with Crippen LogP contribution in [0, 0.1) is 0 Å². The number of anilines is 2. The number of carbonyl (C=O) groups is 2. The summed E-state index contributed by atoms with van der Waals surface area (Å²) in [5.74, 6) is -1.09. The van der Waals surface area contributed by atoms with Crippen molar-refractivity contribution < 1.29 is 22.7 Å². The Morgan fingerprint density at radius 1 is 1.18 bits per heavy atom. The zero-order valence-electron chi connectivity index (χ0n) is 18.2. The Morgan fingerprint density at radius 3 is 2.65 bits per heavy atom. The highest BCUT2D eigenvalue weighted by Gasteiger charge is 2.20. The number of hydrogen-bond acceptors (Lipinski definition) is 9. The first-order valence-electron chi connectivity index (χ1n) is 10.1. The number of imidazole rings is 1. The summed E-state index contributed by atoms with van der Waals surface area (Å²) >= 11 is 1.26. The summed E-state index contributed by atoms with van der Waals surface area (Å²) in [6.45, 7) is 1.74. The maximum absolute atomic E-state index is 12.9. The molecule has 0 radical (unpaired) electrons. The molecule has 0 saturated heterocycles. The average molecular weight is 501 g/mol. The molecule has 0 aliphatic heterocycles. The number of sulfonamides is 1. The zero-order valence-corrected chi connectivity index (χ0v) is 19.8. The second-order valence-corrected chi connectivity index (χ2v) is 9.94. The quantitative estimate of drug-likeness (QED) is 0.351. The van der Waals surface area contributed by atoms with Gasteiger partial charge < -0.3 is 14.6 Å². The number of aromatic nitrogens is 4. The summed E-state index contributed by atoms with van der Waals surface area (Å²) < 4.78 is 31.7. The summed E-state index contributed by atoms with van der Waals surface area (Å²) in [5.41, 5.74) is 1.83. The van der Waals surface area contributed by atoms with Crippen LogP contribution < -0.4 is 10.0 Å². The molecule has 2 N–H and O–H groups in total. The number of nitrogens with one attached hydrogen (secondary N) is 2. The number of carbonyl (C=O) groups excluding carboxylic acids is 2. The van der Waals surface area contributed by atoms with Crippen molar-refractivity contribution in [3.63, 3.8) is 0 Å². The number of hydrogen-bond donors (Lipinski definition) is 2. The molecular formula is C21H20N6O5S2. The van der Waals surface area contributed by atoms with Crippen molar-refractivity contribution in [2.45, 2.75) is 13.5 Å². The molecule has 1 amide bonds. The monoisotopic (exact) mass is 500 g/mol. The summed E-state index contributed by atoms with van der Waals surface area (Å²) in [5, 5.41) is 3.13. The molecule has 0 fully saturated rings. The van der Waals surface area contributed by atoms with Crippen LogP contribution in [0.25, 0.3) is 21.6 Å². The topological polar surface area (TPSA) is 145 Å². The Labute approximate surface area is 198 Å². The molecule has 0 atom stereocenters. The van der Waals surface area contributed by atoms with Crippen molar-refractivity contribution in [2.24, 2.45) is 0 Å². The number of benzene rings is 1. The minimum absolute atomic E-state index is 0.132. The largest absolute Gasteiger partial charge is 0.462 e. The van der Waals surface area contributed by atoms with Crippen molar-refractivity contribution in [2.75, 3.05) is 22.9 Å². The fourth-order valence-electron chi connectivity index (χ4n) is 3.10. The molecule has 0 unspecified atom stereocenters. The van der Waals surface area contributed by atoms with Crippen LogP contribution in [-0.4, -0.2) is 52.7 Å². The molecule has 3 aromatic heterocycles. The molecule has 4 aromatic rings. The lowest BCUT2D eigenvalue weighted by Gasteiger charge is -2.07. The molecule has 176 valence electrons. The van der Waals surface area contributed by atoms with Crippen LogP contribution in [0.1, 0.15) is 17.3 Å². The van der Waals surface area contributed by atoms with E-state index in [0.717, 1.165) is 16.7 Å². The van der Waals surface area contributed by atoms with Gasteiger partial charge in [0.05, 0.1) is 31.0 Å². The van der Waals surface area contributed by atoms with E-state index in [1.165, 1.54) is 28.4 Å². The number of nitrogens with zero attached hydrogens (tertiary/aromatic N) is 4. The predicted octanol–water partition coefficient (Wildman–Crippen LogP) is 2.74. The fraction of sp³-hybridized carbons (Fsp3) is 0.190. The van der Waals surface area contributed by atoms with Gasteiger partial charge in [0.2, 0.25) is 21.9 Å². The summed E-state index contributed by atoms with van der Waals surface area (Å²) in [6.07, 6.45) is 3.74. The molecule has 3 heterocycles. The van der Waals surface area contributed by atoms with Crippen LogP contribution >= 0.6 is 11.3 Å². The molecule has 0 aliphatic rings. The van der Waals surface area contributed by atoms with E-state index >= 15 is 0 Å². The number of fused-ring (bicyclic) bond motifs is 1. The van der Waals surface area contributed by atoms with E-state index in [-0.39, 0.29) is 30.3 Å². The minimum Gasteiger partial charge on any atom is -0.462 e. The SMILES string of the molecule is CCOC(=O)c1cc(-c2ccccc2)sc1NC(=O)Cn1cnc2cnc(NS(C)(=O)=O)nc21. The van der Waals surface area contributed by atoms with E-state index in [1.54, 1.807) is 13.0 Å². The summed E-state index contributed by atoms with van der Waals surface area (Å²) in [6, 6.07) is 11.2. The summed E-state index contributed by atoms with van der Waals surface area (Å²) in [7, 11) is -3.57. The van der Waals surface area contributed by atoms with Crippen LogP contribution in [0.15, 0.2) is 48.9 Å². The van der Waals surface area contributed by atoms with Gasteiger partial charge in [-0.05, 0) is 18.6 Å². The maximum Gasteiger partial charge on any atom is 0.341 e. The zero-order chi connectivity index (χ0) is 24.3. The standard InChI is InChI=1S/C21H20N6O5S2/c1-3-32-20(29)14-9-16(13-7-5-4-6-8-13)33-19(14)24-17(28)11-27-12-23-15-10-22-21(25-18(15)27)26-34(2,30)31/h4-10,12H,3,11H2,1-2H3,(H,24,28)(H,22,25,26). The number of amides is 1. The Bertz CT molecular complexity index is 1460. The van der Waals surface area contributed by atoms with Crippen molar-refractivity contribution in [3.05, 3.63) is 54.5 Å². The molecule has 1 aromatic carbocycles. The molecule has 34 heavy (non-hydrogen) atoms. The third-order valence-corrected chi connectivity index (χ3v) is 6.14. The molecular weight excluding hydrogens is 480 g/mol. The molecule has 0 aliphatic carbocycles. The maximum atomic E-state index is 12.9. The lowest BCUT2D eigenvalue weighted by molar-refractivity contribution is -0.116. The van der Waals surface area contributed by atoms with Gasteiger partial charge in [0.15, 0.2) is 5.65 Å². The molecule has 0 spiro atoms. The van der Waals surface area contributed by atoms with E-state index in [0.29, 0.717) is 10.5 Å². The van der Waals surface area contributed by atoms with Gasteiger partial charge in [-0.3, -0.25) is 9.52 Å². The first kappa shape index (κ1) is 23.3. The van der Waals surface area contributed by atoms with Gasteiger partial charge >= 0.3 is 5.97 Å². The second-order valence-electron chi connectivity index (χ2n) is 7.14. The highest BCUT2D eigenvalue weighted by molar-refractivity contribution is 7.91. The Balaban J connectivity index is 1.59. The van der Waals surface area contributed by atoms with E-state index in [2.05, 4.69) is 25.0 Å². The minimum atomic E-state index is -3.57. The third kappa shape index (κ3) is 5.38. The van der Waals surface area contributed by atoms with Gasteiger partial charge in [-0.2, -0.15) is 4.98 Å². The van der Waals surface area contributed by atoms with Gasteiger partial charge in [-0.15, -0.1) is 11.3 Å². The second kappa shape index (κ2) is 9.57. The number of ether oxygens (including phenoxy) is 1. The number of rotatable bonds is 8. The van der Waals surface area contributed by atoms with E-state index < -0.39 is 21.9 Å². The van der Waals surface area contributed by atoms with Crippen molar-refractivity contribution in [3.8, 4) is 10.4 Å². The highest BCUT2D eigenvalue weighted by atomic mass is 32.2. The molecule has 11 nitrogen and oxygen atoms in total. The van der Waals surface area contributed by atoms with E-state index in [1.807, 2.05) is 30.3 Å². The first-order chi connectivity index (χ1) is 16.2. The third-order valence-electron chi connectivity index (χ3n) is 4.49. The lowest BCUT2D eigenvalue weighted by atomic mass is 10.1. The Hall–Kier alpha value is -3.84. The fourth-order valence-corrected chi connectivity index (χ4v) is 4.59. The van der Waals surface area contributed by atoms with Gasteiger partial charge in [0.1, 0.15) is 17.1 Å². The van der Waals surface area contributed by atoms with Crippen molar-refractivity contribution in [1.82, 2.24) is 19.5 Å². The molecule has 13 heteroatoms. The Kier molecular flexibility index (Phi) is 6.56.